The number of benzene rings is 1. The van der Waals surface area contributed by atoms with Crippen molar-refractivity contribution in [3.63, 3.8) is 0 Å². The molecule has 2 N–H and O–H groups in total. The van der Waals surface area contributed by atoms with Gasteiger partial charge in [0.05, 0.1) is 17.8 Å². The zero-order valence-electron chi connectivity index (χ0n) is 15.4. The van der Waals surface area contributed by atoms with Crippen LogP contribution in [-0.4, -0.2) is 38.6 Å². The minimum Gasteiger partial charge on any atom is -0.344 e. The second kappa shape index (κ2) is 7.75. The van der Waals surface area contributed by atoms with Crippen molar-refractivity contribution >= 4 is 5.91 Å². The van der Waals surface area contributed by atoms with Gasteiger partial charge in [-0.25, -0.2) is 4.68 Å². The molecule has 2 aromatic heterocycles. The Labute approximate surface area is 158 Å². The normalized spacial score (nSPS) is 18.2. The summed E-state index contributed by atoms with van der Waals surface area (Å²) in [5, 5.41) is 15.2. The third-order valence-corrected chi connectivity index (χ3v) is 4.99. The van der Waals surface area contributed by atoms with Crippen molar-refractivity contribution in [1.29, 1.82) is 0 Å². The van der Waals surface area contributed by atoms with Crippen LogP contribution in [0.5, 0.6) is 0 Å². The van der Waals surface area contributed by atoms with Gasteiger partial charge in [-0.2, -0.15) is 10.2 Å². The molecule has 140 valence electrons. The lowest BCUT2D eigenvalue weighted by atomic mass is 10.1. The molecule has 1 aliphatic rings. The van der Waals surface area contributed by atoms with E-state index in [1.54, 1.807) is 12.3 Å². The van der Waals surface area contributed by atoms with E-state index in [-0.39, 0.29) is 11.9 Å². The zero-order chi connectivity index (χ0) is 18.6. The van der Waals surface area contributed by atoms with Gasteiger partial charge < -0.3 is 10.6 Å². The summed E-state index contributed by atoms with van der Waals surface area (Å²) in [4.78, 5) is 12.7. The second-order valence-electron chi connectivity index (χ2n) is 6.89. The Kier molecular flexibility index (Phi) is 5.02. The molecule has 0 spiro atoms. The van der Waals surface area contributed by atoms with E-state index in [0.717, 1.165) is 37.2 Å². The van der Waals surface area contributed by atoms with Gasteiger partial charge in [0.2, 0.25) is 0 Å². The number of nitrogens with zero attached hydrogens (tertiary/aromatic N) is 4. The van der Waals surface area contributed by atoms with Crippen molar-refractivity contribution in [1.82, 2.24) is 30.2 Å². The number of para-hydroxylation sites is 1. The predicted molar refractivity (Wildman–Crippen MR) is 103 cm³/mol. The highest BCUT2D eigenvalue weighted by molar-refractivity contribution is 5.92. The quantitative estimate of drug-likeness (QED) is 0.729. The zero-order valence-corrected chi connectivity index (χ0v) is 15.4. The molecule has 2 unspecified atom stereocenters. The third-order valence-electron chi connectivity index (χ3n) is 4.99. The van der Waals surface area contributed by atoms with Gasteiger partial charge >= 0.3 is 0 Å². The number of hydrogen-bond acceptors (Lipinski definition) is 4. The minimum absolute atomic E-state index is 0.166. The molecule has 7 heteroatoms. The largest absolute Gasteiger partial charge is 0.344 e. The van der Waals surface area contributed by atoms with Crippen LogP contribution in [0.2, 0.25) is 0 Å². The van der Waals surface area contributed by atoms with E-state index in [1.807, 2.05) is 59.0 Å². The summed E-state index contributed by atoms with van der Waals surface area (Å²) in [6.07, 6.45) is 7.76. The maximum atomic E-state index is 12.7. The summed E-state index contributed by atoms with van der Waals surface area (Å²) in [7, 11) is 0. The van der Waals surface area contributed by atoms with E-state index >= 15 is 0 Å². The van der Waals surface area contributed by atoms with E-state index in [9.17, 15) is 4.79 Å². The van der Waals surface area contributed by atoms with Gasteiger partial charge in [0.25, 0.3) is 5.91 Å². The number of aromatic nitrogens is 4. The highest BCUT2D eigenvalue weighted by Crippen LogP contribution is 2.21. The molecule has 4 rings (SSSR count). The van der Waals surface area contributed by atoms with Gasteiger partial charge in [-0.15, -0.1) is 0 Å². The van der Waals surface area contributed by atoms with Crippen LogP contribution in [-0.2, 0) is 0 Å². The van der Waals surface area contributed by atoms with Gasteiger partial charge in [0, 0.05) is 25.1 Å². The molecule has 0 saturated carbocycles. The summed E-state index contributed by atoms with van der Waals surface area (Å²) < 4.78 is 3.71. The summed E-state index contributed by atoms with van der Waals surface area (Å²) in [6.45, 7) is 3.93. The Balaban J connectivity index is 1.48. The van der Waals surface area contributed by atoms with Crippen molar-refractivity contribution in [3.8, 4) is 5.69 Å². The fourth-order valence-electron chi connectivity index (χ4n) is 3.54. The standard InChI is InChI=1S/C20H24N6O/c1-15(17-7-2-3-8-19(17)26-12-5-11-22-26)23-20(27)18-9-13-25(24-18)16-6-4-10-21-14-16/h2-3,5,7-9,11-13,15-16,21H,4,6,10,14H2,1H3,(H,23,27). The molecule has 1 amide bonds. The highest BCUT2D eigenvalue weighted by Gasteiger charge is 2.20. The lowest BCUT2D eigenvalue weighted by Gasteiger charge is -2.23. The first-order valence-corrected chi connectivity index (χ1v) is 9.38. The number of nitrogens with one attached hydrogen (secondary N) is 2. The van der Waals surface area contributed by atoms with Crippen molar-refractivity contribution in [2.45, 2.75) is 31.8 Å². The maximum Gasteiger partial charge on any atom is 0.272 e. The minimum atomic E-state index is -0.167. The molecular formula is C20H24N6O. The Hall–Kier alpha value is -2.93. The molecule has 1 fully saturated rings. The molecule has 0 bridgehead atoms. The first kappa shape index (κ1) is 17.5. The predicted octanol–water partition coefficient (Wildman–Crippen LogP) is 2.48. The summed E-state index contributed by atoms with van der Waals surface area (Å²) in [5.74, 6) is -0.166. The van der Waals surface area contributed by atoms with Crippen LogP contribution >= 0.6 is 0 Å². The van der Waals surface area contributed by atoms with E-state index in [0.29, 0.717) is 11.7 Å². The van der Waals surface area contributed by atoms with Crippen LogP contribution < -0.4 is 10.6 Å². The average molecular weight is 364 g/mol. The van der Waals surface area contributed by atoms with Gasteiger partial charge in [-0.05, 0) is 50.1 Å². The Morgan fingerprint density at radius 1 is 1.26 bits per heavy atom. The monoisotopic (exact) mass is 364 g/mol. The number of hydrogen-bond donors (Lipinski definition) is 2. The molecule has 1 aliphatic heterocycles. The second-order valence-corrected chi connectivity index (χ2v) is 6.89. The number of carbonyl (C=O) groups excluding carboxylic acids is 1. The van der Waals surface area contributed by atoms with Gasteiger partial charge in [0.15, 0.2) is 0 Å². The molecule has 1 saturated heterocycles. The molecule has 1 aromatic carbocycles. The fourth-order valence-corrected chi connectivity index (χ4v) is 3.54. The molecule has 3 aromatic rings. The molecule has 0 aliphatic carbocycles. The van der Waals surface area contributed by atoms with E-state index in [4.69, 9.17) is 0 Å². The smallest absolute Gasteiger partial charge is 0.272 e. The van der Waals surface area contributed by atoms with Gasteiger partial charge in [0.1, 0.15) is 5.69 Å². The first-order chi connectivity index (χ1) is 13.2. The number of amides is 1. The lowest BCUT2D eigenvalue weighted by Crippen LogP contribution is -2.32. The number of piperidine rings is 1. The fraction of sp³-hybridized carbons (Fsp3) is 0.350. The molecule has 27 heavy (non-hydrogen) atoms. The van der Waals surface area contributed by atoms with E-state index < -0.39 is 0 Å². The van der Waals surface area contributed by atoms with Crippen molar-refractivity contribution in [2.75, 3.05) is 13.1 Å². The summed E-state index contributed by atoms with van der Waals surface area (Å²) in [5.41, 5.74) is 2.41. The maximum absolute atomic E-state index is 12.7. The van der Waals surface area contributed by atoms with E-state index in [1.165, 1.54) is 0 Å². The van der Waals surface area contributed by atoms with Crippen LogP contribution in [0.25, 0.3) is 5.69 Å². The lowest BCUT2D eigenvalue weighted by molar-refractivity contribution is 0.0933. The molecule has 3 heterocycles. The Bertz CT molecular complexity index is 895. The number of carbonyl (C=O) groups is 1. The van der Waals surface area contributed by atoms with Crippen LogP contribution in [0.4, 0.5) is 0 Å². The molecule has 0 radical (unpaired) electrons. The van der Waals surface area contributed by atoms with E-state index in [2.05, 4.69) is 20.8 Å². The Morgan fingerprint density at radius 2 is 2.15 bits per heavy atom. The molecule has 2 atom stereocenters. The van der Waals surface area contributed by atoms with Crippen LogP contribution in [0.3, 0.4) is 0 Å². The topological polar surface area (TPSA) is 76.8 Å². The van der Waals surface area contributed by atoms with Crippen LogP contribution in [0.1, 0.15) is 47.9 Å². The third kappa shape index (κ3) is 3.78. The van der Waals surface area contributed by atoms with Crippen molar-refractivity contribution in [3.05, 3.63) is 66.2 Å². The Morgan fingerprint density at radius 3 is 2.93 bits per heavy atom. The van der Waals surface area contributed by atoms with Gasteiger partial charge in [-0.3, -0.25) is 9.48 Å². The van der Waals surface area contributed by atoms with Crippen molar-refractivity contribution in [2.24, 2.45) is 0 Å². The summed E-state index contributed by atoms with van der Waals surface area (Å²) >= 11 is 0. The van der Waals surface area contributed by atoms with Crippen LogP contribution in [0.15, 0.2) is 55.0 Å². The first-order valence-electron chi connectivity index (χ1n) is 9.38. The van der Waals surface area contributed by atoms with Crippen molar-refractivity contribution < 1.29 is 4.79 Å². The SMILES string of the molecule is CC(NC(=O)c1ccn(C2CCCNC2)n1)c1ccccc1-n1cccn1. The molecule has 7 nitrogen and oxygen atoms in total. The average Bonchev–Trinajstić information content (AvgIpc) is 3.41. The summed E-state index contributed by atoms with van der Waals surface area (Å²) in [6, 6.07) is 11.8. The molecular weight excluding hydrogens is 340 g/mol. The van der Waals surface area contributed by atoms with Gasteiger partial charge in [-0.1, -0.05) is 18.2 Å². The van der Waals surface area contributed by atoms with Crippen LogP contribution in [0, 0.1) is 0 Å². The number of rotatable bonds is 5. The highest BCUT2D eigenvalue weighted by atomic mass is 16.2.